The van der Waals surface area contributed by atoms with E-state index in [9.17, 15) is 49.4 Å². The minimum Gasteiger partial charge on any atom is -0.481 e. The number of nitrogens with one attached hydrogen (secondary N) is 4. The number of hydrogen-bond acceptors (Lipinski definition) is 18. The van der Waals surface area contributed by atoms with Crippen LogP contribution in [0.3, 0.4) is 0 Å². The van der Waals surface area contributed by atoms with Crippen LogP contribution >= 0.6 is 7.82 Å². The van der Waals surface area contributed by atoms with Crippen LogP contribution in [0.1, 0.15) is 32.3 Å². The van der Waals surface area contributed by atoms with Gasteiger partial charge in [0.05, 0.1) is 25.4 Å². The highest BCUT2D eigenvalue weighted by Crippen LogP contribution is 2.46. The van der Waals surface area contributed by atoms with Crippen molar-refractivity contribution in [3.8, 4) is 0 Å². The monoisotopic (exact) mass is 788 g/mol. The Hall–Kier alpha value is -4.06. The SMILES string of the molecule is C=Nc1nc2c(c(=O)[nH]1)NC([C@@H](C)Nc1ccc(C[C@H](O)[C@H](O)[C@H](O)CO[C@H]3O[C@H](COP(=O)(O)O[C@@H](CCC(=O)O)C(=O)O)[C@@H](O)[C@H]3O)cc1)[C@H](C)N2. The summed E-state index contributed by atoms with van der Waals surface area (Å²) in [6, 6.07) is 6.38. The third-order valence-electron chi connectivity index (χ3n) is 8.70. The first-order valence-corrected chi connectivity index (χ1v) is 18.2. The highest BCUT2D eigenvalue weighted by Gasteiger charge is 2.45. The summed E-state index contributed by atoms with van der Waals surface area (Å²) in [5, 5.41) is 79.9. The standard InChI is InChI=1S/C31H45N6O16P/c1-13(22-14(2)34-27-23(35-22)28(45)37-31(32-3)36-27)33-16-6-4-15(5-7-16)10-17(38)24(42)18(39)11-50-30-26(44)25(43)20(52-30)12-51-54(48,49)53-19(29(46)47)8-9-21(40)41/h4-7,13-14,17-20,22,24-26,30,33,35,38-39,42-44H,3,8-12H2,1-2H3,(H,40,41)(H,46,47)(H,48,49)(H2,34,36,37,45)/t13-,14+,17+,18-,19+,20-,22?,24+,25-,26-,30+/m1/s1. The molecule has 12 atom stereocenters. The van der Waals surface area contributed by atoms with Gasteiger partial charge in [-0.3, -0.25) is 23.6 Å². The number of phosphoric ester groups is 1. The zero-order valence-corrected chi connectivity index (χ0v) is 30.0. The lowest BCUT2D eigenvalue weighted by Crippen LogP contribution is -2.51. The second-order valence-electron chi connectivity index (χ2n) is 12.8. The minimum atomic E-state index is -5.11. The average Bonchev–Trinajstić information content (AvgIpc) is 3.39. The quantitative estimate of drug-likeness (QED) is 0.0550. The number of aromatic amines is 1. The number of aliphatic hydroxyl groups is 5. The maximum Gasteiger partial charge on any atom is 0.473 e. The van der Waals surface area contributed by atoms with Crippen LogP contribution in [0.25, 0.3) is 0 Å². The lowest BCUT2D eigenvalue weighted by molar-refractivity contribution is -0.192. The predicted octanol–water partition coefficient (Wildman–Crippen LogP) is -1.26. The third kappa shape index (κ3) is 11.2. The van der Waals surface area contributed by atoms with Gasteiger partial charge in [-0.15, -0.1) is 0 Å². The molecule has 23 heteroatoms. The van der Waals surface area contributed by atoms with E-state index in [4.69, 9.17) is 19.7 Å². The van der Waals surface area contributed by atoms with Gasteiger partial charge in [-0.25, -0.2) is 14.4 Å². The molecule has 0 bridgehead atoms. The fourth-order valence-corrected chi connectivity index (χ4v) is 6.67. The van der Waals surface area contributed by atoms with Crippen LogP contribution in [0.4, 0.5) is 23.1 Å². The summed E-state index contributed by atoms with van der Waals surface area (Å²) in [5.41, 5.74) is 1.22. The first kappa shape index (κ1) is 42.7. The predicted molar refractivity (Wildman–Crippen MR) is 188 cm³/mol. The first-order valence-electron chi connectivity index (χ1n) is 16.7. The van der Waals surface area contributed by atoms with Crippen molar-refractivity contribution >= 4 is 49.6 Å². The molecule has 2 aromatic rings. The molecule has 22 nitrogen and oxygen atoms in total. The average molecular weight is 789 g/mol. The first-order chi connectivity index (χ1) is 25.4. The molecule has 4 rings (SSSR count). The number of H-pyrrole nitrogens is 1. The number of rotatable bonds is 20. The molecular weight excluding hydrogens is 743 g/mol. The Balaban J connectivity index is 1.22. The summed E-state index contributed by atoms with van der Waals surface area (Å²) in [6.45, 7) is 5.66. The zero-order valence-electron chi connectivity index (χ0n) is 29.1. The number of fused-ring (bicyclic) bond motifs is 1. The molecule has 2 unspecified atom stereocenters. The largest absolute Gasteiger partial charge is 0.481 e. The fraction of sp³-hybridized carbons (Fsp3) is 0.581. The molecule has 0 saturated carbocycles. The van der Waals surface area contributed by atoms with Crippen LogP contribution in [-0.4, -0.2) is 150 Å². The lowest BCUT2D eigenvalue weighted by Gasteiger charge is -2.37. The lowest BCUT2D eigenvalue weighted by atomic mass is 9.98. The second kappa shape index (κ2) is 18.5. The summed E-state index contributed by atoms with van der Waals surface area (Å²) < 4.78 is 32.0. The van der Waals surface area contributed by atoms with Gasteiger partial charge < -0.3 is 66.1 Å². The number of anilines is 3. The molecule has 1 aromatic carbocycles. The molecule has 1 fully saturated rings. The Kier molecular flexibility index (Phi) is 14.6. The smallest absolute Gasteiger partial charge is 0.473 e. The molecule has 3 heterocycles. The van der Waals surface area contributed by atoms with Gasteiger partial charge in [0.15, 0.2) is 18.2 Å². The van der Waals surface area contributed by atoms with Crippen LogP contribution in [0.5, 0.6) is 0 Å². The number of aliphatic carboxylic acids is 2. The highest BCUT2D eigenvalue weighted by molar-refractivity contribution is 7.47. The van der Waals surface area contributed by atoms with E-state index in [0.29, 0.717) is 11.4 Å². The highest BCUT2D eigenvalue weighted by atomic mass is 31.2. The number of phosphoric acid groups is 1. The van der Waals surface area contributed by atoms with Gasteiger partial charge in [0.1, 0.15) is 36.2 Å². The summed E-state index contributed by atoms with van der Waals surface area (Å²) in [4.78, 5) is 54.8. The molecule has 300 valence electrons. The fourth-order valence-electron chi connectivity index (χ4n) is 5.75. The molecule has 0 spiro atoms. The Morgan fingerprint density at radius 1 is 1.11 bits per heavy atom. The number of aromatic nitrogens is 2. The number of carbonyl (C=O) groups is 2. The van der Waals surface area contributed by atoms with E-state index < -0.39 is 100 Å². The van der Waals surface area contributed by atoms with Crippen LogP contribution < -0.4 is 21.5 Å². The number of ether oxygens (including phenoxy) is 2. The van der Waals surface area contributed by atoms with E-state index in [1.54, 1.807) is 24.3 Å². The second-order valence-corrected chi connectivity index (χ2v) is 14.2. The molecule has 54 heavy (non-hydrogen) atoms. The van der Waals surface area contributed by atoms with Crippen molar-refractivity contribution in [3.05, 3.63) is 40.2 Å². The molecule has 1 aromatic heterocycles. The third-order valence-corrected chi connectivity index (χ3v) is 9.70. The van der Waals surface area contributed by atoms with Crippen LogP contribution in [0.2, 0.25) is 0 Å². The Morgan fingerprint density at radius 2 is 1.80 bits per heavy atom. The van der Waals surface area contributed by atoms with Crippen molar-refractivity contribution in [1.29, 1.82) is 0 Å². The van der Waals surface area contributed by atoms with E-state index in [-0.39, 0.29) is 36.2 Å². The Bertz CT molecular complexity index is 1720. The van der Waals surface area contributed by atoms with Gasteiger partial charge in [0, 0.05) is 30.6 Å². The number of hydrogen-bond donors (Lipinski definition) is 12. The van der Waals surface area contributed by atoms with Gasteiger partial charge in [-0.1, -0.05) is 12.1 Å². The topological polar surface area (TPSA) is 344 Å². The van der Waals surface area contributed by atoms with Gasteiger partial charge in [-0.2, -0.15) is 4.98 Å². The van der Waals surface area contributed by atoms with E-state index in [2.05, 4.69) is 46.7 Å². The molecule has 12 N–H and O–H groups in total. The summed E-state index contributed by atoms with van der Waals surface area (Å²) in [5.74, 6) is -2.61. The van der Waals surface area contributed by atoms with E-state index in [0.717, 1.165) is 5.69 Å². The molecule has 2 aliphatic heterocycles. The van der Waals surface area contributed by atoms with Crippen molar-refractivity contribution in [2.24, 2.45) is 4.99 Å². The number of aliphatic imine (C=N–C) groups is 1. The van der Waals surface area contributed by atoms with Gasteiger partial charge >= 0.3 is 19.8 Å². The van der Waals surface area contributed by atoms with Crippen molar-refractivity contribution in [3.63, 3.8) is 0 Å². The van der Waals surface area contributed by atoms with Crippen LogP contribution in [0, 0.1) is 0 Å². The van der Waals surface area contributed by atoms with Crippen molar-refractivity contribution in [2.75, 3.05) is 29.2 Å². The van der Waals surface area contributed by atoms with Gasteiger partial charge in [0.2, 0.25) is 5.95 Å². The van der Waals surface area contributed by atoms with E-state index in [1.165, 1.54) is 0 Å². The number of carboxylic acid groups (broad SMARTS) is 2. The molecule has 0 radical (unpaired) electrons. The normalized spacial score (nSPS) is 26.1. The van der Waals surface area contributed by atoms with Crippen LogP contribution in [-0.2, 0) is 39.1 Å². The summed E-state index contributed by atoms with van der Waals surface area (Å²) in [7, 11) is -5.11. The zero-order chi connectivity index (χ0) is 39.9. The number of carboxylic acids is 2. The molecule has 0 amide bonds. The Morgan fingerprint density at radius 3 is 2.43 bits per heavy atom. The number of aliphatic hydroxyl groups excluding tert-OH is 5. The number of benzene rings is 1. The molecule has 1 saturated heterocycles. The van der Waals surface area contributed by atoms with Crippen molar-refractivity contribution in [1.82, 2.24) is 9.97 Å². The van der Waals surface area contributed by atoms with Gasteiger partial charge in [0.25, 0.3) is 5.56 Å². The van der Waals surface area contributed by atoms with Gasteiger partial charge in [-0.05, 0) is 44.7 Å². The van der Waals surface area contributed by atoms with Crippen molar-refractivity contribution in [2.45, 2.75) is 100 Å². The van der Waals surface area contributed by atoms with Crippen molar-refractivity contribution < 1.29 is 73.3 Å². The molecule has 0 aliphatic carbocycles. The van der Waals surface area contributed by atoms with Crippen LogP contribution in [0.15, 0.2) is 34.1 Å². The minimum absolute atomic E-state index is 0.0731. The molecular formula is C31H45N6O16P. The maximum atomic E-state index is 12.5. The number of nitrogens with zero attached hydrogens (tertiary/aromatic N) is 2. The molecule has 2 aliphatic rings. The summed E-state index contributed by atoms with van der Waals surface area (Å²) >= 11 is 0. The summed E-state index contributed by atoms with van der Waals surface area (Å²) in [6.07, 6.45) is -14.9. The Labute approximate surface area is 307 Å². The maximum absolute atomic E-state index is 12.5. The van der Waals surface area contributed by atoms with E-state index in [1.807, 2.05) is 13.8 Å². The van der Waals surface area contributed by atoms with E-state index >= 15 is 0 Å².